The fourth-order valence-electron chi connectivity index (χ4n) is 1.86. The Labute approximate surface area is 97.2 Å². The number of rotatable bonds is 0. The molecule has 84 valence electrons. The molecular weight excluding hydrogens is 210 g/mol. The lowest BCUT2D eigenvalue weighted by atomic mass is 9.94. The molecule has 0 spiro atoms. The third-order valence-corrected chi connectivity index (χ3v) is 3.12. The second-order valence-electron chi connectivity index (χ2n) is 4.19. The maximum absolute atomic E-state index is 5.96. The van der Waals surface area contributed by atoms with Crippen molar-refractivity contribution in [3.63, 3.8) is 0 Å². The van der Waals surface area contributed by atoms with Gasteiger partial charge in [0.1, 0.15) is 11.9 Å². The molecule has 2 rings (SSSR count). The molecule has 3 heteroatoms. The fraction of sp³-hybridized carbons (Fsp3) is 0.500. The molecule has 0 radical (unpaired) electrons. The fourth-order valence-corrected chi connectivity index (χ4v) is 1.86. The Hall–Kier alpha value is -0.730. The summed E-state index contributed by atoms with van der Waals surface area (Å²) < 4.78 is 5.83. The number of fused-ring (bicyclic) bond motifs is 1. The van der Waals surface area contributed by atoms with Crippen molar-refractivity contribution in [1.82, 2.24) is 0 Å². The lowest BCUT2D eigenvalue weighted by Gasteiger charge is -2.30. The lowest BCUT2D eigenvalue weighted by Crippen LogP contribution is -2.41. The van der Waals surface area contributed by atoms with Crippen molar-refractivity contribution < 1.29 is 4.74 Å². The van der Waals surface area contributed by atoms with Crippen LogP contribution in [0.5, 0.6) is 5.75 Å². The maximum Gasteiger partial charge on any atom is 0.126 e. The van der Waals surface area contributed by atoms with Gasteiger partial charge in [0.05, 0.1) is 0 Å². The smallest absolute Gasteiger partial charge is 0.126 e. The summed E-state index contributed by atoms with van der Waals surface area (Å²) >= 11 is 0. The maximum atomic E-state index is 5.96. The Balaban J connectivity index is 0.00000112. The van der Waals surface area contributed by atoms with Gasteiger partial charge in [0.25, 0.3) is 0 Å². The highest BCUT2D eigenvalue weighted by Crippen LogP contribution is 2.32. The quantitative estimate of drug-likeness (QED) is 0.739. The summed E-state index contributed by atoms with van der Waals surface area (Å²) in [4.78, 5) is 0. The molecule has 15 heavy (non-hydrogen) atoms. The van der Waals surface area contributed by atoms with Crippen molar-refractivity contribution in [3.8, 4) is 5.75 Å². The average Bonchev–Trinajstić information content (AvgIpc) is 2.15. The number of nitrogens with two attached hydrogens (primary N) is 1. The first-order valence-corrected chi connectivity index (χ1v) is 5.11. The normalized spacial score (nSPS) is 23.7. The van der Waals surface area contributed by atoms with E-state index in [-0.39, 0.29) is 24.6 Å². The van der Waals surface area contributed by atoms with Crippen LogP contribution in [0.2, 0.25) is 0 Å². The Bertz CT molecular complexity index is 365. The summed E-state index contributed by atoms with van der Waals surface area (Å²) in [6.07, 6.45) is 1.06. The molecule has 2 unspecified atom stereocenters. The van der Waals surface area contributed by atoms with E-state index in [1.54, 1.807) is 0 Å². The Kier molecular flexibility index (Phi) is 3.63. The summed E-state index contributed by atoms with van der Waals surface area (Å²) in [6, 6.07) is 4.40. The van der Waals surface area contributed by atoms with Crippen LogP contribution in [0.4, 0.5) is 0 Å². The van der Waals surface area contributed by atoms with E-state index < -0.39 is 0 Å². The predicted octanol–water partition coefficient (Wildman–Crippen LogP) is 2.38. The van der Waals surface area contributed by atoms with E-state index in [9.17, 15) is 0 Å². The zero-order valence-electron chi connectivity index (χ0n) is 9.41. The van der Waals surface area contributed by atoms with Crippen LogP contribution in [-0.2, 0) is 6.42 Å². The van der Waals surface area contributed by atoms with Crippen LogP contribution < -0.4 is 10.5 Å². The lowest BCUT2D eigenvalue weighted by molar-refractivity contribution is 0.168. The van der Waals surface area contributed by atoms with E-state index >= 15 is 0 Å². The van der Waals surface area contributed by atoms with E-state index in [1.165, 1.54) is 16.7 Å². The van der Waals surface area contributed by atoms with Crippen LogP contribution in [0.15, 0.2) is 12.1 Å². The molecule has 0 aliphatic carbocycles. The first kappa shape index (κ1) is 12.3. The number of benzene rings is 1. The van der Waals surface area contributed by atoms with E-state index in [4.69, 9.17) is 10.5 Å². The minimum atomic E-state index is 0. The number of ether oxygens (including phenoxy) is 1. The topological polar surface area (TPSA) is 35.2 Å². The molecule has 0 fully saturated rings. The second-order valence-corrected chi connectivity index (χ2v) is 4.19. The Morgan fingerprint density at radius 3 is 2.67 bits per heavy atom. The number of aryl methyl sites for hydroxylation is 1. The summed E-state index contributed by atoms with van der Waals surface area (Å²) in [7, 11) is 0. The van der Waals surface area contributed by atoms with Gasteiger partial charge in [0, 0.05) is 6.04 Å². The van der Waals surface area contributed by atoms with Crippen molar-refractivity contribution in [2.45, 2.75) is 39.3 Å². The molecule has 0 saturated carbocycles. The third kappa shape index (κ3) is 2.11. The van der Waals surface area contributed by atoms with Gasteiger partial charge in [-0.3, -0.25) is 0 Å². The zero-order valence-corrected chi connectivity index (χ0v) is 10.2. The van der Waals surface area contributed by atoms with Gasteiger partial charge in [0.2, 0.25) is 0 Å². The Morgan fingerprint density at radius 2 is 2.00 bits per heavy atom. The third-order valence-electron chi connectivity index (χ3n) is 3.12. The second kappa shape index (κ2) is 4.42. The monoisotopic (exact) mass is 227 g/mol. The summed E-state index contributed by atoms with van der Waals surface area (Å²) in [5.41, 5.74) is 9.74. The van der Waals surface area contributed by atoms with Crippen LogP contribution >= 0.6 is 12.4 Å². The largest absolute Gasteiger partial charge is 0.489 e. The van der Waals surface area contributed by atoms with Gasteiger partial charge in [-0.15, -0.1) is 12.4 Å². The highest BCUT2D eigenvalue weighted by Gasteiger charge is 2.24. The average molecular weight is 228 g/mol. The van der Waals surface area contributed by atoms with Crippen LogP contribution in [0, 0.1) is 13.8 Å². The van der Waals surface area contributed by atoms with Gasteiger partial charge in [-0.05, 0) is 43.9 Å². The molecule has 1 aromatic rings. The highest BCUT2D eigenvalue weighted by atomic mass is 35.5. The molecule has 2 N–H and O–H groups in total. The molecule has 0 bridgehead atoms. The first-order chi connectivity index (χ1) is 6.59. The van der Waals surface area contributed by atoms with Crippen molar-refractivity contribution >= 4 is 12.4 Å². The van der Waals surface area contributed by atoms with Crippen molar-refractivity contribution in [2.75, 3.05) is 0 Å². The van der Waals surface area contributed by atoms with Crippen LogP contribution in [0.3, 0.4) is 0 Å². The number of hydrogen-bond donors (Lipinski definition) is 1. The number of halogens is 1. The summed E-state index contributed by atoms with van der Waals surface area (Å²) in [6.45, 7) is 6.26. The summed E-state index contributed by atoms with van der Waals surface area (Å²) in [5, 5.41) is 0. The molecule has 2 nitrogen and oxygen atoms in total. The van der Waals surface area contributed by atoms with Gasteiger partial charge in [0.15, 0.2) is 0 Å². The Morgan fingerprint density at radius 1 is 1.33 bits per heavy atom. The van der Waals surface area contributed by atoms with Gasteiger partial charge >= 0.3 is 0 Å². The van der Waals surface area contributed by atoms with E-state index in [0.29, 0.717) is 0 Å². The van der Waals surface area contributed by atoms with Gasteiger partial charge < -0.3 is 10.5 Å². The van der Waals surface area contributed by atoms with Crippen molar-refractivity contribution in [3.05, 3.63) is 28.8 Å². The van der Waals surface area contributed by atoms with Crippen LogP contribution in [0.25, 0.3) is 0 Å². The van der Waals surface area contributed by atoms with E-state index in [2.05, 4.69) is 26.0 Å². The molecule has 1 heterocycles. The van der Waals surface area contributed by atoms with Gasteiger partial charge in [-0.25, -0.2) is 0 Å². The van der Waals surface area contributed by atoms with E-state index in [0.717, 1.165) is 12.2 Å². The standard InChI is InChI=1S/C12H17NO.ClH/c1-7-4-5-10-6-11(13)9(3)14-12(10)8(7)2;/h4-5,9,11H,6,13H2,1-3H3;1H. The van der Waals surface area contributed by atoms with Gasteiger partial charge in [-0.1, -0.05) is 12.1 Å². The molecule has 1 aliphatic rings. The molecule has 2 atom stereocenters. The molecule has 0 amide bonds. The van der Waals surface area contributed by atoms with Crippen LogP contribution in [0.1, 0.15) is 23.6 Å². The minimum absolute atomic E-state index is 0. The van der Waals surface area contributed by atoms with Crippen molar-refractivity contribution in [1.29, 1.82) is 0 Å². The van der Waals surface area contributed by atoms with Crippen molar-refractivity contribution in [2.24, 2.45) is 5.73 Å². The SMILES string of the molecule is Cc1ccc2c(c1C)OC(C)C(N)C2.Cl. The highest BCUT2D eigenvalue weighted by molar-refractivity contribution is 5.85. The summed E-state index contributed by atoms with van der Waals surface area (Å²) in [5.74, 6) is 1.05. The molecule has 0 aromatic heterocycles. The molecular formula is C12H18ClNO. The molecule has 1 aliphatic heterocycles. The number of hydrogen-bond acceptors (Lipinski definition) is 2. The molecule has 1 aromatic carbocycles. The molecule has 0 saturated heterocycles. The predicted molar refractivity (Wildman–Crippen MR) is 64.9 cm³/mol. The van der Waals surface area contributed by atoms with Crippen LogP contribution in [-0.4, -0.2) is 12.1 Å². The van der Waals surface area contributed by atoms with E-state index in [1.807, 2.05) is 6.92 Å². The zero-order chi connectivity index (χ0) is 10.3. The minimum Gasteiger partial charge on any atom is -0.489 e. The first-order valence-electron chi connectivity index (χ1n) is 5.11. The van der Waals surface area contributed by atoms with Gasteiger partial charge in [-0.2, -0.15) is 0 Å².